The van der Waals surface area contributed by atoms with Gasteiger partial charge in [-0.25, -0.2) is 4.98 Å². The predicted octanol–water partition coefficient (Wildman–Crippen LogP) is 5.71. The molecule has 0 spiro atoms. The van der Waals surface area contributed by atoms with Gasteiger partial charge in [-0.05, 0) is 61.0 Å². The molecule has 2 aromatic carbocycles. The first-order valence-corrected chi connectivity index (χ1v) is 9.94. The number of para-hydroxylation sites is 1. The highest BCUT2D eigenvalue weighted by atomic mass is 32.1. The second-order valence-electron chi connectivity index (χ2n) is 6.61. The van der Waals surface area contributed by atoms with Crippen LogP contribution in [-0.4, -0.2) is 16.5 Å². The lowest BCUT2D eigenvalue weighted by molar-refractivity contribution is 1.03. The third kappa shape index (κ3) is 4.09. The maximum Gasteiger partial charge on any atom is 0.229 e. The molecule has 2 N–H and O–H groups in total. The van der Waals surface area contributed by atoms with E-state index < -0.39 is 0 Å². The second-order valence-corrected chi connectivity index (χ2v) is 7.64. The van der Waals surface area contributed by atoms with Crippen molar-refractivity contribution in [3.05, 3.63) is 76.0 Å². The van der Waals surface area contributed by atoms with Crippen LogP contribution in [0.25, 0.3) is 10.9 Å². The van der Waals surface area contributed by atoms with Crippen LogP contribution in [0.1, 0.15) is 16.0 Å². The molecule has 0 unspecified atom stereocenters. The molecule has 4 rings (SSSR count). The van der Waals surface area contributed by atoms with Crippen molar-refractivity contribution in [1.29, 1.82) is 0 Å². The van der Waals surface area contributed by atoms with Crippen LogP contribution >= 0.6 is 11.3 Å². The summed E-state index contributed by atoms with van der Waals surface area (Å²) in [5.41, 5.74) is 4.34. The van der Waals surface area contributed by atoms with Gasteiger partial charge in [0.05, 0.1) is 5.52 Å². The molecule has 2 aromatic heterocycles. The number of hydrogen-bond acceptors (Lipinski definition) is 5. The normalized spacial score (nSPS) is 10.9. The summed E-state index contributed by atoms with van der Waals surface area (Å²) in [6.45, 7) is 5.01. The molecule has 0 amide bonds. The van der Waals surface area contributed by atoms with Crippen LogP contribution < -0.4 is 10.6 Å². The number of benzene rings is 2. The maximum atomic E-state index is 4.76. The SMILES string of the molecule is Cc1ccc(C)c(Nc2nc(NCCc3cccs3)c3ccccc3n2)c1. The van der Waals surface area contributed by atoms with E-state index in [1.165, 1.54) is 16.0 Å². The first-order chi connectivity index (χ1) is 13.2. The maximum absolute atomic E-state index is 4.76. The highest BCUT2D eigenvalue weighted by Gasteiger charge is 2.09. The highest BCUT2D eigenvalue weighted by molar-refractivity contribution is 7.09. The Morgan fingerprint density at radius 2 is 1.85 bits per heavy atom. The summed E-state index contributed by atoms with van der Waals surface area (Å²) in [4.78, 5) is 10.8. The van der Waals surface area contributed by atoms with Crippen LogP contribution in [0.4, 0.5) is 17.5 Å². The van der Waals surface area contributed by atoms with Gasteiger partial charge in [-0.15, -0.1) is 11.3 Å². The van der Waals surface area contributed by atoms with E-state index in [9.17, 15) is 0 Å². The van der Waals surface area contributed by atoms with Crippen molar-refractivity contribution in [1.82, 2.24) is 9.97 Å². The molecule has 0 radical (unpaired) electrons. The van der Waals surface area contributed by atoms with E-state index in [0.717, 1.165) is 35.4 Å². The van der Waals surface area contributed by atoms with Crippen molar-refractivity contribution in [2.45, 2.75) is 20.3 Å². The van der Waals surface area contributed by atoms with E-state index in [-0.39, 0.29) is 0 Å². The van der Waals surface area contributed by atoms with Crippen LogP contribution in [0, 0.1) is 13.8 Å². The van der Waals surface area contributed by atoms with Crippen LogP contribution in [0.15, 0.2) is 60.0 Å². The van der Waals surface area contributed by atoms with Gasteiger partial charge in [0, 0.05) is 22.5 Å². The minimum atomic E-state index is 0.612. The van der Waals surface area contributed by atoms with Crippen molar-refractivity contribution in [3.63, 3.8) is 0 Å². The Balaban J connectivity index is 1.62. The van der Waals surface area contributed by atoms with E-state index in [2.05, 4.69) is 66.3 Å². The van der Waals surface area contributed by atoms with E-state index in [1.54, 1.807) is 11.3 Å². The Labute approximate surface area is 163 Å². The van der Waals surface area contributed by atoms with Crippen molar-refractivity contribution in [2.24, 2.45) is 0 Å². The van der Waals surface area contributed by atoms with E-state index in [0.29, 0.717) is 5.95 Å². The molecule has 0 saturated heterocycles. The van der Waals surface area contributed by atoms with Gasteiger partial charge in [-0.3, -0.25) is 0 Å². The summed E-state index contributed by atoms with van der Waals surface area (Å²) in [5.74, 6) is 1.48. The van der Waals surface area contributed by atoms with Crippen molar-refractivity contribution < 1.29 is 0 Å². The summed E-state index contributed by atoms with van der Waals surface area (Å²) < 4.78 is 0. The van der Waals surface area contributed by atoms with Gasteiger partial charge < -0.3 is 10.6 Å². The third-order valence-corrected chi connectivity index (χ3v) is 5.42. The average molecular weight is 375 g/mol. The monoisotopic (exact) mass is 374 g/mol. The lowest BCUT2D eigenvalue weighted by Gasteiger charge is -2.13. The smallest absolute Gasteiger partial charge is 0.229 e. The van der Waals surface area contributed by atoms with Crippen molar-refractivity contribution >= 4 is 39.7 Å². The molecule has 4 nitrogen and oxygen atoms in total. The number of rotatable bonds is 6. The Kier molecular flexibility index (Phi) is 5.03. The quantitative estimate of drug-likeness (QED) is 0.454. The molecule has 136 valence electrons. The fraction of sp³-hybridized carbons (Fsp3) is 0.182. The Hall–Kier alpha value is -2.92. The number of aromatic nitrogens is 2. The lowest BCUT2D eigenvalue weighted by atomic mass is 10.1. The van der Waals surface area contributed by atoms with Gasteiger partial charge in [-0.2, -0.15) is 4.98 Å². The molecule has 0 aliphatic carbocycles. The molecular weight excluding hydrogens is 352 g/mol. The van der Waals surface area contributed by atoms with Gasteiger partial charge in [0.2, 0.25) is 5.95 Å². The zero-order chi connectivity index (χ0) is 18.6. The molecule has 0 atom stereocenters. The Morgan fingerprint density at radius 3 is 2.70 bits per heavy atom. The van der Waals surface area contributed by atoms with Crippen LogP contribution in [0.3, 0.4) is 0 Å². The molecule has 4 aromatic rings. The molecule has 2 heterocycles. The molecule has 0 aliphatic rings. The molecular formula is C22H22N4S. The van der Waals surface area contributed by atoms with Crippen molar-refractivity contribution in [2.75, 3.05) is 17.2 Å². The molecule has 0 bridgehead atoms. The largest absolute Gasteiger partial charge is 0.369 e. The topological polar surface area (TPSA) is 49.8 Å². The van der Waals surface area contributed by atoms with Gasteiger partial charge in [0.1, 0.15) is 5.82 Å². The standard InChI is InChI=1S/C22H22N4S/c1-15-9-10-16(2)20(14-15)25-22-24-19-8-4-3-7-18(19)21(26-22)23-12-11-17-6-5-13-27-17/h3-10,13-14H,11-12H2,1-2H3,(H2,23,24,25,26). The Morgan fingerprint density at radius 1 is 0.963 bits per heavy atom. The van der Waals surface area contributed by atoms with Crippen LogP contribution in [0.2, 0.25) is 0 Å². The Bertz CT molecular complexity index is 1060. The molecule has 5 heteroatoms. The minimum Gasteiger partial charge on any atom is -0.369 e. The fourth-order valence-electron chi connectivity index (χ4n) is 3.02. The molecule has 27 heavy (non-hydrogen) atoms. The van der Waals surface area contributed by atoms with Gasteiger partial charge >= 0.3 is 0 Å². The first-order valence-electron chi connectivity index (χ1n) is 9.06. The number of thiophene rings is 1. The summed E-state index contributed by atoms with van der Waals surface area (Å²) in [6, 6.07) is 18.7. The van der Waals surface area contributed by atoms with Crippen LogP contribution in [-0.2, 0) is 6.42 Å². The third-order valence-electron chi connectivity index (χ3n) is 4.49. The molecule has 0 fully saturated rings. The minimum absolute atomic E-state index is 0.612. The number of anilines is 3. The molecule has 0 aliphatic heterocycles. The fourth-order valence-corrected chi connectivity index (χ4v) is 3.73. The average Bonchev–Trinajstić information content (AvgIpc) is 3.18. The second kappa shape index (κ2) is 7.76. The first kappa shape index (κ1) is 17.5. The van der Waals surface area contributed by atoms with E-state index in [4.69, 9.17) is 9.97 Å². The lowest BCUT2D eigenvalue weighted by Crippen LogP contribution is -2.08. The summed E-state index contributed by atoms with van der Waals surface area (Å²) in [6.07, 6.45) is 0.982. The zero-order valence-corrected chi connectivity index (χ0v) is 16.3. The van der Waals surface area contributed by atoms with Gasteiger partial charge in [0.15, 0.2) is 0 Å². The number of nitrogens with one attached hydrogen (secondary N) is 2. The van der Waals surface area contributed by atoms with E-state index >= 15 is 0 Å². The summed E-state index contributed by atoms with van der Waals surface area (Å²) >= 11 is 1.78. The highest BCUT2D eigenvalue weighted by Crippen LogP contribution is 2.25. The zero-order valence-electron chi connectivity index (χ0n) is 15.5. The number of aryl methyl sites for hydroxylation is 2. The molecule has 0 saturated carbocycles. The predicted molar refractivity (Wildman–Crippen MR) is 115 cm³/mol. The van der Waals surface area contributed by atoms with Gasteiger partial charge in [0.25, 0.3) is 0 Å². The summed E-state index contributed by atoms with van der Waals surface area (Å²) in [5, 5.41) is 10.0. The number of fused-ring (bicyclic) bond motifs is 1. The number of nitrogens with zero attached hydrogens (tertiary/aromatic N) is 2. The van der Waals surface area contributed by atoms with E-state index in [1.807, 2.05) is 18.2 Å². The van der Waals surface area contributed by atoms with Crippen molar-refractivity contribution in [3.8, 4) is 0 Å². The number of hydrogen-bond donors (Lipinski definition) is 2. The van der Waals surface area contributed by atoms with Crippen LogP contribution in [0.5, 0.6) is 0 Å². The summed E-state index contributed by atoms with van der Waals surface area (Å²) in [7, 11) is 0. The van der Waals surface area contributed by atoms with Gasteiger partial charge in [-0.1, -0.05) is 30.3 Å².